The topological polar surface area (TPSA) is 95.9 Å². The molecule has 1 heterocycles. The highest BCUT2D eigenvalue weighted by molar-refractivity contribution is 7.99. The van der Waals surface area contributed by atoms with Crippen LogP contribution in [0.2, 0.25) is 0 Å². The van der Waals surface area contributed by atoms with Gasteiger partial charge in [-0.25, -0.2) is 14.0 Å². The molecule has 1 fully saturated rings. The van der Waals surface area contributed by atoms with Crippen LogP contribution in [0.5, 0.6) is 0 Å². The molecular weight excluding hydrogens is 471 g/mol. The number of hydrogen-bond donors (Lipinski definition) is 2. The second-order valence-electron chi connectivity index (χ2n) is 8.25. The number of nitrogens with one attached hydrogen (secondary N) is 1. The van der Waals surface area contributed by atoms with Crippen LogP contribution in [0, 0.1) is 5.82 Å². The van der Waals surface area contributed by atoms with Gasteiger partial charge >= 0.3 is 12.1 Å². The maximum absolute atomic E-state index is 15.1. The second-order valence-corrected chi connectivity index (χ2v) is 9.25. The molecular formula is C26H21FN2O5S. The predicted octanol–water partition coefficient (Wildman–Crippen LogP) is 4.79. The standard InChI is InChI=1S/C26H21FN2O5S/c27-23-19(24(30)29-14-35-13-22(29)25(31)32)10-5-11-21(23)28-26(33)34-12-20-17-8-3-1-6-15(17)16-7-2-4-9-18(16)20/h1-11,20,22H,12-14H2,(H,28,33)(H,31,32)/t22-/m0/s1. The fraction of sp³-hybridized carbons (Fsp3) is 0.192. The molecule has 1 aliphatic carbocycles. The van der Waals surface area contributed by atoms with Crippen LogP contribution in [0.1, 0.15) is 27.4 Å². The summed E-state index contributed by atoms with van der Waals surface area (Å²) in [6.45, 7) is 0.0609. The lowest BCUT2D eigenvalue weighted by molar-refractivity contribution is -0.140. The first-order valence-electron chi connectivity index (χ1n) is 11.0. The molecule has 5 rings (SSSR count). The Morgan fingerprint density at radius 2 is 1.66 bits per heavy atom. The number of carboxylic acid groups (broad SMARTS) is 1. The van der Waals surface area contributed by atoms with Crippen molar-refractivity contribution in [3.05, 3.63) is 89.2 Å². The van der Waals surface area contributed by atoms with E-state index in [1.807, 2.05) is 48.5 Å². The molecule has 3 aromatic carbocycles. The molecule has 3 aromatic rings. The number of aliphatic carboxylic acids is 1. The number of thioether (sulfide) groups is 1. The van der Waals surface area contributed by atoms with Gasteiger partial charge in [0.05, 0.1) is 17.1 Å². The van der Waals surface area contributed by atoms with E-state index in [9.17, 15) is 19.5 Å². The van der Waals surface area contributed by atoms with Gasteiger partial charge in [0.1, 0.15) is 12.6 Å². The molecule has 2 N–H and O–H groups in total. The van der Waals surface area contributed by atoms with Gasteiger partial charge in [0, 0.05) is 11.7 Å². The first-order chi connectivity index (χ1) is 17.0. The fourth-order valence-electron chi connectivity index (χ4n) is 4.54. The van der Waals surface area contributed by atoms with Crippen LogP contribution in [-0.2, 0) is 9.53 Å². The number of anilines is 1. The van der Waals surface area contributed by atoms with E-state index >= 15 is 4.39 Å². The van der Waals surface area contributed by atoms with E-state index in [0.29, 0.717) is 0 Å². The summed E-state index contributed by atoms with van der Waals surface area (Å²) in [6, 6.07) is 18.8. The van der Waals surface area contributed by atoms with Gasteiger partial charge in [-0.15, -0.1) is 11.8 Å². The van der Waals surface area contributed by atoms with Gasteiger partial charge in [0.25, 0.3) is 5.91 Å². The highest BCUT2D eigenvalue weighted by Crippen LogP contribution is 2.44. The van der Waals surface area contributed by atoms with E-state index in [1.165, 1.54) is 30.0 Å². The van der Waals surface area contributed by atoms with Gasteiger partial charge in [-0.3, -0.25) is 10.1 Å². The smallest absolute Gasteiger partial charge is 0.411 e. The van der Waals surface area contributed by atoms with E-state index in [2.05, 4.69) is 5.32 Å². The Bertz CT molecular complexity index is 1290. The van der Waals surface area contributed by atoms with Gasteiger partial charge in [-0.05, 0) is 34.4 Å². The number of ether oxygens (including phenoxy) is 1. The Hall–Kier alpha value is -3.85. The van der Waals surface area contributed by atoms with Crippen LogP contribution in [0.25, 0.3) is 11.1 Å². The van der Waals surface area contributed by atoms with E-state index in [1.54, 1.807) is 0 Å². The lowest BCUT2D eigenvalue weighted by Gasteiger charge is -2.21. The van der Waals surface area contributed by atoms with E-state index in [4.69, 9.17) is 4.74 Å². The highest BCUT2D eigenvalue weighted by Gasteiger charge is 2.36. The van der Waals surface area contributed by atoms with Crippen LogP contribution < -0.4 is 5.32 Å². The van der Waals surface area contributed by atoms with Crippen molar-refractivity contribution in [1.29, 1.82) is 0 Å². The number of carboxylic acids is 1. The molecule has 0 aromatic heterocycles. The van der Waals surface area contributed by atoms with Gasteiger partial charge < -0.3 is 14.7 Å². The minimum absolute atomic E-state index is 0.0609. The maximum Gasteiger partial charge on any atom is 0.411 e. The number of nitrogens with zero attached hydrogens (tertiary/aromatic N) is 1. The Balaban J connectivity index is 1.29. The molecule has 2 amide bonds. The van der Waals surface area contributed by atoms with E-state index < -0.39 is 29.8 Å². The number of fused-ring (bicyclic) bond motifs is 3. The van der Waals surface area contributed by atoms with Crippen LogP contribution in [-0.4, -0.2) is 52.3 Å². The number of hydrogen-bond acceptors (Lipinski definition) is 5. The molecule has 1 aliphatic heterocycles. The lowest BCUT2D eigenvalue weighted by atomic mass is 9.98. The van der Waals surface area contributed by atoms with Crippen molar-refractivity contribution < 1.29 is 28.6 Å². The molecule has 2 aliphatic rings. The SMILES string of the molecule is O=C(Nc1cccc(C(=O)N2CSC[C@H]2C(=O)O)c1F)OCC1c2ccccc2-c2ccccc21. The summed E-state index contributed by atoms with van der Waals surface area (Å²) < 4.78 is 20.6. The van der Waals surface area contributed by atoms with Crippen LogP contribution in [0.3, 0.4) is 0 Å². The summed E-state index contributed by atoms with van der Waals surface area (Å²) >= 11 is 1.28. The first-order valence-corrected chi connectivity index (χ1v) is 12.1. The monoisotopic (exact) mass is 492 g/mol. The zero-order chi connectivity index (χ0) is 24.5. The number of benzene rings is 3. The Kier molecular flexibility index (Phi) is 6.17. The number of carbonyl (C=O) groups is 3. The number of rotatable bonds is 5. The van der Waals surface area contributed by atoms with Crippen LogP contribution in [0.4, 0.5) is 14.9 Å². The quantitative estimate of drug-likeness (QED) is 0.532. The first kappa shape index (κ1) is 22.9. The third-order valence-corrected chi connectivity index (χ3v) is 7.25. The Morgan fingerprint density at radius 3 is 2.31 bits per heavy atom. The molecule has 9 heteroatoms. The van der Waals surface area contributed by atoms with Crippen LogP contribution >= 0.6 is 11.8 Å². The Labute approximate surface area is 204 Å². The second kappa shape index (κ2) is 9.42. The van der Waals surface area contributed by atoms with Crippen molar-refractivity contribution in [1.82, 2.24) is 4.90 Å². The number of halogens is 1. The summed E-state index contributed by atoms with van der Waals surface area (Å²) in [5.41, 5.74) is 3.76. The molecule has 0 radical (unpaired) electrons. The maximum atomic E-state index is 15.1. The van der Waals surface area contributed by atoms with Crippen molar-refractivity contribution in [3.8, 4) is 11.1 Å². The summed E-state index contributed by atoms with van der Waals surface area (Å²) in [6.07, 6.45) is -0.851. The largest absolute Gasteiger partial charge is 0.480 e. The normalized spacial score (nSPS) is 16.5. The van der Waals surface area contributed by atoms with Crippen molar-refractivity contribution >= 4 is 35.4 Å². The molecule has 0 saturated carbocycles. The van der Waals surface area contributed by atoms with Gasteiger partial charge in [-0.1, -0.05) is 54.6 Å². The number of carbonyl (C=O) groups excluding carboxylic acids is 2. The minimum atomic E-state index is -1.14. The highest BCUT2D eigenvalue weighted by atomic mass is 32.2. The molecule has 0 spiro atoms. The summed E-state index contributed by atoms with van der Waals surface area (Å²) in [5, 5.41) is 11.7. The summed E-state index contributed by atoms with van der Waals surface area (Å²) in [4.78, 5) is 37.9. The predicted molar refractivity (Wildman–Crippen MR) is 130 cm³/mol. The molecule has 35 heavy (non-hydrogen) atoms. The van der Waals surface area contributed by atoms with Crippen LogP contribution in [0.15, 0.2) is 66.7 Å². The van der Waals surface area contributed by atoms with E-state index in [-0.39, 0.29) is 35.4 Å². The molecule has 1 saturated heterocycles. The summed E-state index contributed by atoms with van der Waals surface area (Å²) in [7, 11) is 0. The third kappa shape index (κ3) is 4.23. The van der Waals surface area contributed by atoms with Gasteiger partial charge in [0.15, 0.2) is 5.82 Å². The molecule has 0 unspecified atom stereocenters. The zero-order valence-electron chi connectivity index (χ0n) is 18.4. The molecule has 7 nitrogen and oxygen atoms in total. The third-order valence-electron chi connectivity index (χ3n) is 6.24. The minimum Gasteiger partial charge on any atom is -0.480 e. The summed E-state index contributed by atoms with van der Waals surface area (Å²) in [5.74, 6) is -2.58. The van der Waals surface area contributed by atoms with Crippen molar-refractivity contribution in [2.24, 2.45) is 0 Å². The Morgan fingerprint density at radius 1 is 1.00 bits per heavy atom. The van der Waals surface area contributed by atoms with E-state index in [0.717, 1.165) is 27.2 Å². The average Bonchev–Trinajstić information content (AvgIpc) is 3.47. The van der Waals surface area contributed by atoms with Crippen molar-refractivity contribution in [3.63, 3.8) is 0 Å². The number of amides is 2. The van der Waals surface area contributed by atoms with Crippen molar-refractivity contribution in [2.45, 2.75) is 12.0 Å². The van der Waals surface area contributed by atoms with Gasteiger partial charge in [-0.2, -0.15) is 0 Å². The zero-order valence-corrected chi connectivity index (χ0v) is 19.3. The molecule has 1 atom stereocenters. The lowest BCUT2D eigenvalue weighted by Crippen LogP contribution is -2.42. The average molecular weight is 493 g/mol. The molecule has 0 bridgehead atoms. The fourth-order valence-corrected chi connectivity index (χ4v) is 5.69. The molecule has 178 valence electrons. The van der Waals surface area contributed by atoms with Crippen molar-refractivity contribution in [2.75, 3.05) is 23.6 Å². The van der Waals surface area contributed by atoms with Gasteiger partial charge in [0.2, 0.25) is 0 Å².